The topological polar surface area (TPSA) is 57.4 Å². The molecule has 1 atom stereocenters. The summed E-state index contributed by atoms with van der Waals surface area (Å²) in [4.78, 5) is 4.20. The molecule has 102 valence electrons. The van der Waals surface area contributed by atoms with E-state index in [9.17, 15) is 0 Å². The van der Waals surface area contributed by atoms with E-state index in [0.29, 0.717) is 6.61 Å². The van der Waals surface area contributed by atoms with Gasteiger partial charge in [0.15, 0.2) is 0 Å². The monoisotopic (exact) mass is 278 g/mol. The molecule has 0 spiro atoms. The Morgan fingerprint density at radius 1 is 1.42 bits per heavy atom. The molecule has 2 N–H and O–H groups in total. The van der Waals surface area contributed by atoms with Crippen LogP contribution in [0.15, 0.2) is 29.8 Å². The zero-order chi connectivity index (χ0) is 13.7. The summed E-state index contributed by atoms with van der Waals surface area (Å²) in [6.45, 7) is 2.45. The first-order valence-corrected chi connectivity index (χ1v) is 7.00. The molecule has 0 aliphatic carbocycles. The van der Waals surface area contributed by atoms with Gasteiger partial charge in [0.25, 0.3) is 0 Å². The third kappa shape index (κ3) is 3.94. The quantitative estimate of drug-likeness (QED) is 0.882. The van der Waals surface area contributed by atoms with Gasteiger partial charge in [0, 0.05) is 23.7 Å². The van der Waals surface area contributed by atoms with Crippen LogP contribution in [0.3, 0.4) is 0 Å². The zero-order valence-electron chi connectivity index (χ0n) is 11.1. The van der Waals surface area contributed by atoms with Crippen molar-refractivity contribution in [3.05, 3.63) is 40.3 Å². The Labute approximate surface area is 117 Å². The second-order valence-corrected chi connectivity index (χ2v) is 5.35. The fraction of sp³-hybridized carbons (Fsp3) is 0.357. The van der Waals surface area contributed by atoms with Crippen molar-refractivity contribution in [1.82, 2.24) is 4.98 Å². The van der Waals surface area contributed by atoms with Crippen molar-refractivity contribution in [2.75, 3.05) is 7.11 Å². The minimum Gasteiger partial charge on any atom is -0.497 e. The van der Waals surface area contributed by atoms with E-state index < -0.39 is 0 Å². The normalized spacial score (nSPS) is 12.2. The largest absolute Gasteiger partial charge is 0.497 e. The van der Waals surface area contributed by atoms with Crippen LogP contribution in [0.25, 0.3) is 0 Å². The fourth-order valence-electron chi connectivity index (χ4n) is 1.78. The summed E-state index contributed by atoms with van der Waals surface area (Å²) >= 11 is 1.58. The first kappa shape index (κ1) is 13.8. The van der Waals surface area contributed by atoms with Crippen LogP contribution in [0.4, 0.5) is 0 Å². The van der Waals surface area contributed by atoms with Crippen LogP contribution in [0.1, 0.15) is 17.5 Å². The minimum atomic E-state index is 0.0932. The number of hydrogen-bond donors (Lipinski definition) is 1. The highest BCUT2D eigenvalue weighted by Gasteiger charge is 2.09. The molecule has 0 radical (unpaired) electrons. The lowest BCUT2D eigenvalue weighted by atomic mass is 10.1. The lowest BCUT2D eigenvalue weighted by Gasteiger charge is -2.13. The Morgan fingerprint density at radius 3 is 2.89 bits per heavy atom. The molecule has 0 amide bonds. The molecule has 0 bridgehead atoms. The molecule has 0 fully saturated rings. The van der Waals surface area contributed by atoms with Crippen LogP contribution in [-0.2, 0) is 13.0 Å². The molecule has 1 aromatic heterocycles. The number of ether oxygens (including phenoxy) is 2. The van der Waals surface area contributed by atoms with E-state index in [1.54, 1.807) is 24.6 Å². The molecular weight excluding hydrogens is 260 g/mol. The van der Waals surface area contributed by atoms with Crippen LogP contribution >= 0.6 is 11.3 Å². The molecule has 1 heterocycles. The standard InChI is InChI=1S/C14H18N2O2S/c1-10(15)7-11-3-4-12(17-2)8-13(11)18-9-14-16-5-6-19-14/h3-6,8,10H,7,9,15H2,1-2H3. The number of methoxy groups -OCH3 is 1. The van der Waals surface area contributed by atoms with E-state index in [2.05, 4.69) is 4.98 Å². The molecule has 19 heavy (non-hydrogen) atoms. The third-order valence-corrected chi connectivity index (χ3v) is 3.40. The van der Waals surface area contributed by atoms with Crippen LogP contribution in [-0.4, -0.2) is 18.1 Å². The summed E-state index contributed by atoms with van der Waals surface area (Å²) in [5, 5.41) is 2.89. The fourth-order valence-corrected chi connectivity index (χ4v) is 2.30. The van der Waals surface area contributed by atoms with Crippen LogP contribution in [0.5, 0.6) is 11.5 Å². The molecule has 0 aliphatic heterocycles. The number of hydrogen-bond acceptors (Lipinski definition) is 5. The van der Waals surface area contributed by atoms with Crippen molar-refractivity contribution in [1.29, 1.82) is 0 Å². The summed E-state index contributed by atoms with van der Waals surface area (Å²) in [5.41, 5.74) is 6.95. The second kappa shape index (κ2) is 6.54. The molecule has 2 aromatic rings. The molecule has 5 heteroatoms. The number of thiazole rings is 1. The summed E-state index contributed by atoms with van der Waals surface area (Å²) in [6.07, 6.45) is 2.55. The number of nitrogens with two attached hydrogens (primary N) is 1. The Kier molecular flexibility index (Phi) is 4.76. The number of aromatic nitrogens is 1. The third-order valence-electron chi connectivity index (χ3n) is 2.65. The van der Waals surface area contributed by atoms with Gasteiger partial charge in [0.05, 0.1) is 7.11 Å². The van der Waals surface area contributed by atoms with E-state index in [-0.39, 0.29) is 6.04 Å². The van der Waals surface area contributed by atoms with Crippen molar-refractivity contribution in [2.24, 2.45) is 5.73 Å². The molecule has 0 aliphatic rings. The first-order chi connectivity index (χ1) is 9.19. The summed E-state index contributed by atoms with van der Waals surface area (Å²) in [6, 6.07) is 5.91. The minimum absolute atomic E-state index is 0.0932. The van der Waals surface area contributed by atoms with Crippen molar-refractivity contribution < 1.29 is 9.47 Å². The van der Waals surface area contributed by atoms with Gasteiger partial charge < -0.3 is 15.2 Å². The maximum Gasteiger partial charge on any atom is 0.140 e. The average molecular weight is 278 g/mol. The predicted molar refractivity (Wildman–Crippen MR) is 76.8 cm³/mol. The lowest BCUT2D eigenvalue weighted by molar-refractivity contribution is 0.299. The number of benzene rings is 1. The van der Waals surface area contributed by atoms with Crippen molar-refractivity contribution >= 4 is 11.3 Å². The van der Waals surface area contributed by atoms with E-state index in [4.69, 9.17) is 15.2 Å². The van der Waals surface area contributed by atoms with Crippen LogP contribution in [0.2, 0.25) is 0 Å². The average Bonchev–Trinajstić information content (AvgIpc) is 2.90. The Balaban J connectivity index is 2.14. The van der Waals surface area contributed by atoms with E-state index in [0.717, 1.165) is 28.5 Å². The zero-order valence-corrected chi connectivity index (χ0v) is 11.9. The van der Waals surface area contributed by atoms with Gasteiger partial charge in [-0.25, -0.2) is 4.98 Å². The first-order valence-electron chi connectivity index (χ1n) is 6.12. The number of nitrogens with zero attached hydrogens (tertiary/aromatic N) is 1. The molecule has 0 saturated carbocycles. The van der Waals surface area contributed by atoms with Gasteiger partial charge in [0.2, 0.25) is 0 Å². The smallest absolute Gasteiger partial charge is 0.140 e. The van der Waals surface area contributed by atoms with Gasteiger partial charge in [-0.15, -0.1) is 11.3 Å². The molecule has 1 unspecified atom stereocenters. The van der Waals surface area contributed by atoms with Gasteiger partial charge in [-0.2, -0.15) is 0 Å². The molecule has 0 saturated heterocycles. The molecular formula is C14H18N2O2S. The summed E-state index contributed by atoms with van der Waals surface area (Å²) in [7, 11) is 1.64. The molecule has 4 nitrogen and oxygen atoms in total. The van der Waals surface area contributed by atoms with Crippen LogP contribution in [0, 0.1) is 0 Å². The maximum atomic E-state index is 5.86. The SMILES string of the molecule is COc1ccc(CC(C)N)c(OCc2nccs2)c1. The highest BCUT2D eigenvalue weighted by molar-refractivity contribution is 7.09. The number of rotatable bonds is 6. The highest BCUT2D eigenvalue weighted by atomic mass is 32.1. The van der Waals surface area contributed by atoms with E-state index in [1.807, 2.05) is 30.5 Å². The Hall–Kier alpha value is -1.59. The van der Waals surface area contributed by atoms with Gasteiger partial charge in [-0.05, 0) is 25.0 Å². The van der Waals surface area contributed by atoms with E-state index >= 15 is 0 Å². The summed E-state index contributed by atoms with van der Waals surface area (Å²) < 4.78 is 11.1. The van der Waals surface area contributed by atoms with Crippen LogP contribution < -0.4 is 15.2 Å². The van der Waals surface area contributed by atoms with Gasteiger partial charge >= 0.3 is 0 Å². The Bertz CT molecular complexity index is 512. The predicted octanol–water partition coefficient (Wildman–Crippen LogP) is 2.62. The highest BCUT2D eigenvalue weighted by Crippen LogP contribution is 2.26. The molecule has 1 aromatic carbocycles. The second-order valence-electron chi connectivity index (χ2n) is 4.37. The maximum absolute atomic E-state index is 5.86. The summed E-state index contributed by atoms with van der Waals surface area (Å²) in [5.74, 6) is 1.59. The van der Waals surface area contributed by atoms with Crippen molar-refractivity contribution in [3.8, 4) is 11.5 Å². The Morgan fingerprint density at radius 2 is 2.26 bits per heavy atom. The van der Waals surface area contributed by atoms with Gasteiger partial charge in [-0.1, -0.05) is 6.07 Å². The van der Waals surface area contributed by atoms with Gasteiger partial charge in [0.1, 0.15) is 23.1 Å². The van der Waals surface area contributed by atoms with Crippen molar-refractivity contribution in [3.63, 3.8) is 0 Å². The molecule has 2 rings (SSSR count). The van der Waals surface area contributed by atoms with E-state index in [1.165, 1.54) is 0 Å². The van der Waals surface area contributed by atoms with Gasteiger partial charge in [-0.3, -0.25) is 0 Å². The van der Waals surface area contributed by atoms with Crippen molar-refractivity contribution in [2.45, 2.75) is 26.0 Å². The lowest BCUT2D eigenvalue weighted by Crippen LogP contribution is -2.18.